The van der Waals surface area contributed by atoms with Crippen LogP contribution >= 0.6 is 27.3 Å². The molecule has 0 spiro atoms. The Morgan fingerprint density at radius 2 is 1.68 bits per heavy atom. The molecule has 1 heterocycles. The smallest absolute Gasteiger partial charge is 0.310 e. The van der Waals surface area contributed by atoms with E-state index in [1.807, 2.05) is 60.0 Å². The zero-order chi connectivity index (χ0) is 19.9. The molecule has 0 aliphatic heterocycles. The van der Waals surface area contributed by atoms with Crippen molar-refractivity contribution >= 4 is 39.1 Å². The van der Waals surface area contributed by atoms with Gasteiger partial charge in [0.1, 0.15) is 0 Å². The van der Waals surface area contributed by atoms with Crippen LogP contribution in [0, 0.1) is 0 Å². The van der Waals surface area contributed by atoms with Crippen LogP contribution in [0.2, 0.25) is 0 Å². The fourth-order valence-corrected chi connectivity index (χ4v) is 3.77. The van der Waals surface area contributed by atoms with Crippen molar-refractivity contribution in [2.45, 2.75) is 19.9 Å². The summed E-state index contributed by atoms with van der Waals surface area (Å²) < 4.78 is 5.97. The molecular weight excluding hydrogens is 438 g/mol. The zero-order valence-electron chi connectivity index (χ0n) is 15.4. The minimum atomic E-state index is -0.233. The minimum Gasteiger partial charge on any atom is -0.466 e. The number of carbonyl (C=O) groups excluding carboxylic acids is 2. The third kappa shape index (κ3) is 5.53. The lowest BCUT2D eigenvalue weighted by atomic mass is 10.1. The third-order valence-corrected chi connectivity index (χ3v) is 5.59. The summed E-state index contributed by atoms with van der Waals surface area (Å²) in [5, 5.41) is 4.93. The van der Waals surface area contributed by atoms with Crippen molar-refractivity contribution in [3.63, 3.8) is 0 Å². The van der Waals surface area contributed by atoms with E-state index in [1.54, 1.807) is 6.92 Å². The Bertz CT molecular complexity index is 949. The first-order chi connectivity index (χ1) is 13.5. The van der Waals surface area contributed by atoms with E-state index < -0.39 is 0 Å². The first kappa shape index (κ1) is 20.3. The number of halogens is 1. The summed E-state index contributed by atoms with van der Waals surface area (Å²) >= 11 is 4.86. The molecule has 0 aliphatic carbocycles. The van der Waals surface area contributed by atoms with Crippen molar-refractivity contribution in [1.82, 2.24) is 5.32 Å². The van der Waals surface area contributed by atoms with Gasteiger partial charge in [0, 0.05) is 11.0 Å². The third-order valence-electron chi connectivity index (χ3n) is 4.13. The van der Waals surface area contributed by atoms with Crippen molar-refractivity contribution in [1.29, 1.82) is 0 Å². The lowest BCUT2D eigenvalue weighted by molar-refractivity contribution is -0.142. The van der Waals surface area contributed by atoms with E-state index in [0.717, 1.165) is 26.7 Å². The molecular formula is C22H20BrNO3S. The molecule has 28 heavy (non-hydrogen) atoms. The van der Waals surface area contributed by atoms with Gasteiger partial charge in [-0.2, -0.15) is 0 Å². The highest BCUT2D eigenvalue weighted by Crippen LogP contribution is 2.27. The second-order valence-electron chi connectivity index (χ2n) is 6.19. The van der Waals surface area contributed by atoms with Gasteiger partial charge in [-0.15, -0.1) is 11.3 Å². The lowest BCUT2D eigenvalue weighted by Crippen LogP contribution is -2.21. The Labute approximate surface area is 176 Å². The molecule has 4 nitrogen and oxygen atoms in total. The lowest BCUT2D eigenvalue weighted by Gasteiger charge is -2.06. The van der Waals surface area contributed by atoms with Crippen molar-refractivity contribution in [3.05, 3.63) is 80.5 Å². The molecule has 0 fully saturated rings. The van der Waals surface area contributed by atoms with Crippen molar-refractivity contribution in [3.8, 4) is 11.1 Å². The summed E-state index contributed by atoms with van der Waals surface area (Å²) in [6.07, 6.45) is 0.258. The normalized spacial score (nSPS) is 10.5. The molecule has 0 saturated carbocycles. The minimum absolute atomic E-state index is 0.0936. The summed E-state index contributed by atoms with van der Waals surface area (Å²) in [5.74, 6) is -0.327. The van der Waals surface area contributed by atoms with Gasteiger partial charge in [-0.05, 0) is 52.8 Å². The molecule has 1 amide bonds. The van der Waals surface area contributed by atoms with Gasteiger partial charge in [0.15, 0.2) is 0 Å². The van der Waals surface area contributed by atoms with Gasteiger partial charge in [0.25, 0.3) is 5.91 Å². The molecule has 0 unspecified atom stereocenters. The second-order valence-corrected chi connectivity index (χ2v) is 8.01. The van der Waals surface area contributed by atoms with Gasteiger partial charge >= 0.3 is 5.97 Å². The van der Waals surface area contributed by atoms with Crippen LogP contribution in [0.5, 0.6) is 0 Å². The van der Waals surface area contributed by atoms with Crippen LogP contribution in [-0.4, -0.2) is 18.5 Å². The molecule has 0 saturated heterocycles. The number of nitrogens with one attached hydrogen (secondary N) is 1. The Morgan fingerprint density at radius 1 is 1.00 bits per heavy atom. The molecule has 0 radical (unpaired) electrons. The van der Waals surface area contributed by atoms with Gasteiger partial charge in [0.2, 0.25) is 0 Å². The highest BCUT2D eigenvalue weighted by atomic mass is 79.9. The number of benzene rings is 2. The number of carbonyl (C=O) groups is 2. The van der Waals surface area contributed by atoms with E-state index in [-0.39, 0.29) is 18.3 Å². The van der Waals surface area contributed by atoms with Crippen LogP contribution in [0.4, 0.5) is 0 Å². The summed E-state index contributed by atoms with van der Waals surface area (Å²) in [4.78, 5) is 24.6. The number of rotatable bonds is 7. The Balaban J connectivity index is 1.55. The van der Waals surface area contributed by atoms with Crippen LogP contribution < -0.4 is 5.32 Å². The van der Waals surface area contributed by atoms with Gasteiger partial charge in [-0.1, -0.05) is 52.3 Å². The molecule has 2 aromatic carbocycles. The molecule has 0 atom stereocenters. The molecule has 0 aliphatic rings. The molecule has 6 heteroatoms. The number of hydrogen-bond donors (Lipinski definition) is 1. The molecule has 0 bridgehead atoms. The average Bonchev–Trinajstić information content (AvgIpc) is 3.18. The van der Waals surface area contributed by atoms with Crippen LogP contribution in [0.15, 0.2) is 64.5 Å². The number of hydrogen-bond acceptors (Lipinski definition) is 4. The molecule has 3 aromatic rings. The van der Waals surface area contributed by atoms with Gasteiger partial charge in [0.05, 0.1) is 17.9 Å². The second kappa shape index (κ2) is 9.66. The van der Waals surface area contributed by atoms with Crippen molar-refractivity contribution in [2.75, 3.05) is 6.61 Å². The monoisotopic (exact) mass is 457 g/mol. The van der Waals surface area contributed by atoms with E-state index in [1.165, 1.54) is 11.3 Å². The number of amides is 1. The van der Waals surface area contributed by atoms with Crippen LogP contribution in [0.3, 0.4) is 0 Å². The Morgan fingerprint density at radius 3 is 2.36 bits per heavy atom. The average molecular weight is 458 g/mol. The predicted molar refractivity (Wildman–Crippen MR) is 115 cm³/mol. The summed E-state index contributed by atoms with van der Waals surface area (Å²) in [6, 6.07) is 17.5. The number of ether oxygens (including phenoxy) is 1. The number of esters is 1. The van der Waals surface area contributed by atoms with Crippen LogP contribution in [0.1, 0.15) is 27.7 Å². The first-order valence-electron chi connectivity index (χ1n) is 8.91. The summed E-state index contributed by atoms with van der Waals surface area (Å²) in [6.45, 7) is 2.61. The molecule has 3 rings (SSSR count). The largest absolute Gasteiger partial charge is 0.466 e. The maximum absolute atomic E-state index is 12.4. The number of thiophene rings is 1. The maximum atomic E-state index is 12.4. The summed E-state index contributed by atoms with van der Waals surface area (Å²) in [5.41, 5.74) is 3.98. The Hall–Kier alpha value is -2.44. The SMILES string of the molecule is CCOC(=O)Cc1ccc(CNC(=O)c2cc(-c3ccc(Br)cc3)cs2)cc1. The van der Waals surface area contributed by atoms with Gasteiger partial charge in [-0.25, -0.2) is 0 Å². The quantitative estimate of drug-likeness (QED) is 0.495. The fourth-order valence-electron chi connectivity index (χ4n) is 2.67. The van der Waals surface area contributed by atoms with Crippen LogP contribution in [0.25, 0.3) is 11.1 Å². The highest BCUT2D eigenvalue weighted by molar-refractivity contribution is 9.10. The van der Waals surface area contributed by atoms with E-state index >= 15 is 0 Å². The van der Waals surface area contributed by atoms with E-state index in [0.29, 0.717) is 18.0 Å². The van der Waals surface area contributed by atoms with Crippen molar-refractivity contribution < 1.29 is 14.3 Å². The van der Waals surface area contributed by atoms with Crippen molar-refractivity contribution in [2.24, 2.45) is 0 Å². The Kier molecular flexibility index (Phi) is 7.01. The molecule has 1 aromatic heterocycles. The van der Waals surface area contributed by atoms with Crippen LogP contribution in [-0.2, 0) is 22.5 Å². The topological polar surface area (TPSA) is 55.4 Å². The van der Waals surface area contributed by atoms with Gasteiger partial charge < -0.3 is 10.1 Å². The zero-order valence-corrected chi connectivity index (χ0v) is 17.8. The molecule has 144 valence electrons. The molecule has 1 N–H and O–H groups in total. The fraction of sp³-hybridized carbons (Fsp3) is 0.182. The first-order valence-corrected chi connectivity index (χ1v) is 10.6. The van der Waals surface area contributed by atoms with E-state index in [2.05, 4.69) is 21.2 Å². The summed E-state index contributed by atoms with van der Waals surface area (Å²) in [7, 11) is 0. The van der Waals surface area contributed by atoms with E-state index in [9.17, 15) is 9.59 Å². The standard InChI is InChI=1S/C22H20BrNO3S/c1-2-27-21(25)11-15-3-5-16(6-4-15)13-24-22(26)20-12-18(14-28-20)17-7-9-19(23)10-8-17/h3-10,12,14H,2,11,13H2,1H3,(H,24,26). The highest BCUT2D eigenvalue weighted by Gasteiger charge is 2.10. The maximum Gasteiger partial charge on any atom is 0.310 e. The predicted octanol–water partition coefficient (Wildman–Crippen LogP) is 5.21. The van der Waals surface area contributed by atoms with Gasteiger partial charge in [-0.3, -0.25) is 9.59 Å². The van der Waals surface area contributed by atoms with E-state index in [4.69, 9.17) is 4.74 Å².